The summed E-state index contributed by atoms with van der Waals surface area (Å²) in [7, 11) is 0. The zero-order chi connectivity index (χ0) is 71.8. The molecule has 32 heteroatoms. The summed E-state index contributed by atoms with van der Waals surface area (Å²) in [4.78, 5) is 84.9. The Hall–Kier alpha value is -11.4. The number of carboxylic acids is 3. The Bertz CT molecular complexity index is 4210. The number of primary amides is 3. The molecule has 0 unspecified atom stereocenters. The lowest BCUT2D eigenvalue weighted by Crippen LogP contribution is -2.10. The van der Waals surface area contributed by atoms with E-state index in [0.29, 0.717) is 90.8 Å². The van der Waals surface area contributed by atoms with Crippen molar-refractivity contribution >= 4 is 104 Å². The van der Waals surface area contributed by atoms with Crippen LogP contribution in [0.4, 0.5) is 0 Å². The fourth-order valence-corrected chi connectivity index (χ4v) is 10.8. The van der Waals surface area contributed by atoms with Crippen LogP contribution in [-0.2, 0) is 39.6 Å². The summed E-state index contributed by atoms with van der Waals surface area (Å²) >= 11 is 8.84. The first-order valence-corrected chi connectivity index (χ1v) is 34.3. The van der Waals surface area contributed by atoms with E-state index >= 15 is 0 Å². The lowest BCUT2D eigenvalue weighted by molar-refractivity contribution is 0.0686. The molecule has 0 spiro atoms. The van der Waals surface area contributed by atoms with Crippen LogP contribution in [0.15, 0.2) is 180 Å². The molecule has 3 amide bonds. The maximum atomic E-state index is 10.9. The minimum atomic E-state index is -0.945. The van der Waals surface area contributed by atoms with Gasteiger partial charge in [0.05, 0.1) is 80.0 Å². The van der Waals surface area contributed by atoms with E-state index in [4.69, 9.17) is 60.9 Å². The van der Waals surface area contributed by atoms with Crippen molar-refractivity contribution in [3.05, 3.63) is 265 Å². The van der Waals surface area contributed by atoms with E-state index in [1.54, 1.807) is 155 Å². The number of aryl methyl sites for hydroxylation is 4. The average molecular weight is 1470 g/mol. The molecule has 0 aliphatic carbocycles. The molecule has 100 heavy (non-hydrogen) atoms. The Morgan fingerprint density at radius 3 is 0.830 bits per heavy atom. The van der Waals surface area contributed by atoms with Gasteiger partial charge in [-0.05, 0) is 196 Å². The molecule has 516 valence electrons. The number of carbonyl (C=O) groups is 6. The van der Waals surface area contributed by atoms with Crippen LogP contribution in [0.1, 0.15) is 114 Å². The zero-order valence-corrected chi connectivity index (χ0v) is 58.5. The van der Waals surface area contributed by atoms with Gasteiger partial charge in [0.1, 0.15) is 74.1 Å². The highest BCUT2D eigenvalue weighted by molar-refractivity contribution is 7.10. The van der Waals surface area contributed by atoms with Crippen molar-refractivity contribution in [3.8, 4) is 34.5 Å². The minimum absolute atomic E-state index is 0.244. The molecule has 6 aromatic carbocycles. The molecule has 6 aromatic heterocycles. The Labute approximate surface area is 596 Å². The van der Waals surface area contributed by atoms with Crippen LogP contribution in [0.3, 0.4) is 0 Å². The van der Waals surface area contributed by atoms with Gasteiger partial charge in [0.2, 0.25) is 17.7 Å². The third kappa shape index (κ3) is 26.5. The molecule has 0 atom stereocenters. The summed E-state index contributed by atoms with van der Waals surface area (Å²) in [5.74, 6) is -0.136. The van der Waals surface area contributed by atoms with Crippen LogP contribution in [0, 0.1) is 27.7 Å². The molecule has 0 bridgehead atoms. The highest BCUT2D eigenvalue weighted by atomic mass is 32.1. The van der Waals surface area contributed by atoms with Crippen LogP contribution < -0.4 is 45.6 Å². The number of hydrogen-bond donors (Lipinski definition) is 6. The number of aromatic carboxylic acids is 3. The lowest BCUT2D eigenvalue weighted by atomic mass is 10.2. The van der Waals surface area contributed by atoms with Gasteiger partial charge in [0.15, 0.2) is 0 Å². The van der Waals surface area contributed by atoms with Gasteiger partial charge in [0, 0.05) is 39.8 Å². The number of rotatable bonds is 24. The number of nitrogens with two attached hydrogens (primary N) is 3. The van der Waals surface area contributed by atoms with Gasteiger partial charge < -0.3 is 60.9 Å². The van der Waals surface area contributed by atoms with Crippen LogP contribution in [-0.4, -0.2) is 90.1 Å². The smallest absolute Gasteiger partial charge is 0.335 e. The van der Waals surface area contributed by atoms with Crippen molar-refractivity contribution in [2.45, 2.75) is 67.3 Å². The number of amides is 3. The van der Waals surface area contributed by atoms with Crippen LogP contribution in [0.5, 0.6) is 34.5 Å². The second-order valence-corrected chi connectivity index (χ2v) is 25.8. The fourth-order valence-electron chi connectivity index (χ4n) is 7.49. The van der Waals surface area contributed by atoms with Crippen molar-refractivity contribution in [2.75, 3.05) is 0 Å². The second-order valence-electron chi connectivity index (χ2n) is 20.1. The first kappa shape index (κ1) is 76.0. The zero-order valence-electron chi connectivity index (χ0n) is 53.6. The SMILES string of the molecule is Cc1nc(COc2ccc(C(=O)O)cc2)cs1.Cc1nc(COc2ccc(C(N)=O)cc2)cs1.Cc1nnsc1COc1ccc(C(=O)O)cc1.Cc1nnsc1COc1ccc(C(N)=O)cc1.NC(=O)c1ccc(OCc2cncs2)cc1.O=C(O)c1ccc(OCc2cncs2)cc1. The van der Waals surface area contributed by atoms with E-state index < -0.39 is 35.6 Å². The number of carboxylic acid groups (broad SMARTS) is 3. The van der Waals surface area contributed by atoms with Gasteiger partial charge in [-0.25, -0.2) is 24.4 Å². The number of ether oxygens (including phenoxy) is 6. The third-order valence-electron chi connectivity index (χ3n) is 12.8. The van der Waals surface area contributed by atoms with Crippen molar-refractivity contribution in [1.29, 1.82) is 0 Å². The van der Waals surface area contributed by atoms with E-state index in [9.17, 15) is 28.8 Å². The predicted molar refractivity (Wildman–Crippen MR) is 378 cm³/mol. The van der Waals surface area contributed by atoms with Crippen molar-refractivity contribution < 1.29 is 72.5 Å². The molecule has 0 radical (unpaired) electrons. The number of aromatic nitrogens is 8. The minimum Gasteiger partial charge on any atom is -0.488 e. The quantitative estimate of drug-likeness (QED) is 0.0327. The number of thiazole rings is 4. The first-order valence-electron chi connectivity index (χ1n) is 29.2. The van der Waals surface area contributed by atoms with Crippen molar-refractivity contribution in [3.63, 3.8) is 0 Å². The predicted octanol–water partition coefficient (Wildman–Crippen LogP) is 12.7. The maximum absolute atomic E-state index is 10.9. The van der Waals surface area contributed by atoms with Crippen molar-refractivity contribution in [1.82, 2.24) is 39.1 Å². The summed E-state index contributed by atoms with van der Waals surface area (Å²) in [6.45, 7) is 10.3. The molecule has 12 rings (SSSR count). The third-order valence-corrected chi connectivity index (χ3v) is 17.5. The van der Waals surface area contributed by atoms with E-state index in [1.165, 1.54) is 82.1 Å². The summed E-state index contributed by atoms with van der Waals surface area (Å²) in [5.41, 5.74) is 24.6. The van der Waals surface area contributed by atoms with Crippen LogP contribution in [0.2, 0.25) is 0 Å². The topological polar surface area (TPSA) is 400 Å². The number of hydrogen-bond acceptors (Lipinski definition) is 26. The summed E-state index contributed by atoms with van der Waals surface area (Å²) in [5, 5.41) is 39.9. The van der Waals surface area contributed by atoms with Gasteiger partial charge in [-0.1, -0.05) is 8.98 Å². The molecule has 26 nitrogen and oxygen atoms in total. The summed E-state index contributed by atoms with van der Waals surface area (Å²) in [6, 6.07) is 39.1. The molecule has 0 aliphatic heterocycles. The molecule has 0 saturated carbocycles. The molecular weight excluding hydrogens is 1400 g/mol. The second kappa shape index (κ2) is 39.7. The lowest BCUT2D eigenvalue weighted by Gasteiger charge is -2.04. The van der Waals surface area contributed by atoms with Gasteiger partial charge in [0.25, 0.3) is 0 Å². The number of benzene rings is 6. The molecule has 0 saturated heterocycles. The summed E-state index contributed by atoms with van der Waals surface area (Å²) in [6.07, 6.45) is 3.51. The van der Waals surface area contributed by atoms with Gasteiger partial charge >= 0.3 is 17.9 Å². The molecule has 0 fully saturated rings. The standard InChI is InChI=1S/C12H12N2O2S.C12H11NO3S.C11H11N3O2S.C11H10N2O3S.C11H10N2O2S.C11H9NO3S/c1-8-14-10(7-17-8)6-16-11-4-2-9(3-5-11)12(13)15;1-8-13-10(7-17-8)6-16-11-4-2-9(3-5-11)12(14)15;1-7-10(17-14-13-7)6-16-9-4-2-8(3-5-9)11(12)15;1-7-10(17-13-12-7)6-16-9-4-2-8(3-5-9)11(14)15;12-11(14)8-1-3-9(4-2-8)15-6-10-5-13-7-16-10;13-11(14)8-1-3-9(4-2-8)15-6-10-5-12-7-16-10/h2-5,7H,6H2,1H3,(H2,13,15);2-5,7H,6H2,1H3,(H,14,15);2-5H,6H2,1H3,(H2,12,15);2-5H,6H2,1H3,(H,14,15);1-5,7H,6H2,(H2,12,14);1-5,7H,6H2,(H,13,14). The number of carbonyl (C=O) groups excluding carboxylic acids is 3. The highest BCUT2D eigenvalue weighted by Crippen LogP contribution is 2.22. The Morgan fingerprint density at radius 2 is 0.620 bits per heavy atom. The van der Waals surface area contributed by atoms with E-state index in [-0.39, 0.29) is 16.7 Å². The average Bonchev–Trinajstić information content (AvgIpc) is 1.40. The molecule has 9 N–H and O–H groups in total. The van der Waals surface area contributed by atoms with Crippen LogP contribution >= 0.6 is 68.4 Å². The van der Waals surface area contributed by atoms with E-state index in [0.717, 1.165) is 52.3 Å². The Morgan fingerprint density at radius 1 is 0.360 bits per heavy atom. The Balaban J connectivity index is 0.000000169. The summed E-state index contributed by atoms with van der Waals surface area (Å²) < 4.78 is 40.7. The van der Waals surface area contributed by atoms with Gasteiger partial charge in [-0.3, -0.25) is 24.4 Å². The Kier molecular flexibility index (Phi) is 30.2. The van der Waals surface area contributed by atoms with Gasteiger partial charge in [-0.2, -0.15) is 0 Å². The van der Waals surface area contributed by atoms with Gasteiger partial charge in [-0.15, -0.1) is 55.5 Å². The molecule has 6 heterocycles. The van der Waals surface area contributed by atoms with E-state index in [2.05, 4.69) is 39.1 Å². The molecule has 0 aliphatic rings. The van der Waals surface area contributed by atoms with E-state index in [1.807, 2.05) is 38.5 Å². The molecule has 12 aromatic rings. The fraction of sp³-hybridized carbons (Fsp3) is 0.147. The highest BCUT2D eigenvalue weighted by Gasteiger charge is 2.10. The normalized spacial score (nSPS) is 10.1. The monoisotopic (exact) mass is 1470 g/mol. The van der Waals surface area contributed by atoms with Crippen LogP contribution in [0.25, 0.3) is 0 Å². The maximum Gasteiger partial charge on any atom is 0.335 e. The largest absolute Gasteiger partial charge is 0.488 e. The van der Waals surface area contributed by atoms with Crippen molar-refractivity contribution in [2.24, 2.45) is 17.2 Å². The number of nitrogens with zero attached hydrogens (tertiary/aromatic N) is 8. The molecular formula is C68H63N11O15S6. The first-order chi connectivity index (χ1) is 48.1.